The number of rotatable bonds is 9. The number of aryl methyl sites for hydroxylation is 1. The molecular formula is C22H26Cl2N4O2S. The molecule has 1 aromatic carbocycles. The van der Waals surface area contributed by atoms with Crippen molar-refractivity contribution in [1.82, 2.24) is 20.4 Å². The van der Waals surface area contributed by atoms with Crippen LogP contribution in [0.15, 0.2) is 24.3 Å². The van der Waals surface area contributed by atoms with E-state index in [-0.39, 0.29) is 11.8 Å². The molecule has 0 aliphatic carbocycles. The van der Waals surface area contributed by atoms with Crippen LogP contribution in [0, 0.1) is 5.92 Å². The van der Waals surface area contributed by atoms with E-state index >= 15 is 0 Å². The van der Waals surface area contributed by atoms with E-state index in [0.717, 1.165) is 28.0 Å². The maximum Gasteiger partial charge on any atom is 0.261 e. The van der Waals surface area contributed by atoms with Crippen molar-refractivity contribution in [1.29, 1.82) is 0 Å². The lowest BCUT2D eigenvalue weighted by Gasteiger charge is -2.07. The van der Waals surface area contributed by atoms with Crippen LogP contribution in [0.5, 0.6) is 0 Å². The summed E-state index contributed by atoms with van der Waals surface area (Å²) in [5, 5.41) is 12.4. The molecule has 2 N–H and O–H groups in total. The Morgan fingerprint density at radius 3 is 2.55 bits per heavy atom. The number of hydrogen-bond acceptors (Lipinski definition) is 4. The van der Waals surface area contributed by atoms with E-state index in [0.29, 0.717) is 46.8 Å². The number of nitrogens with one attached hydrogen (secondary N) is 2. The molecule has 0 saturated carbocycles. The highest BCUT2D eigenvalue weighted by Gasteiger charge is 2.18. The summed E-state index contributed by atoms with van der Waals surface area (Å²) in [6.07, 6.45) is 1.94. The number of aromatic nitrogens is 2. The Labute approximate surface area is 195 Å². The molecule has 3 rings (SSSR count). The Morgan fingerprint density at radius 2 is 1.87 bits per heavy atom. The van der Waals surface area contributed by atoms with Gasteiger partial charge in [-0.2, -0.15) is 5.10 Å². The van der Waals surface area contributed by atoms with Gasteiger partial charge in [-0.1, -0.05) is 44.0 Å². The van der Waals surface area contributed by atoms with Crippen molar-refractivity contribution in [2.75, 3.05) is 13.1 Å². The average molecular weight is 481 g/mol. The van der Waals surface area contributed by atoms with Crippen LogP contribution in [0.25, 0.3) is 15.9 Å². The standard InChI is InChI=1S/C22H26Cl2N4O2S/c1-4-18-15-12-19(21(30)26-9-5-8-25-20(29)10-13(2)3)31-22(15)28(27-18)14-6-7-16(23)17(24)11-14/h6-7,11-13H,4-5,8-10H2,1-3H3,(H,25,29)(H,26,30). The monoisotopic (exact) mass is 480 g/mol. The number of nitrogens with zero attached hydrogens (tertiary/aromatic N) is 2. The van der Waals surface area contributed by atoms with E-state index in [1.807, 2.05) is 37.6 Å². The van der Waals surface area contributed by atoms with Crippen molar-refractivity contribution in [3.63, 3.8) is 0 Å². The molecule has 2 heterocycles. The zero-order valence-electron chi connectivity index (χ0n) is 17.8. The van der Waals surface area contributed by atoms with Gasteiger partial charge < -0.3 is 10.6 Å². The Balaban J connectivity index is 1.67. The van der Waals surface area contributed by atoms with Gasteiger partial charge in [-0.25, -0.2) is 4.68 Å². The molecule has 2 aromatic heterocycles. The molecule has 166 valence electrons. The molecular weight excluding hydrogens is 455 g/mol. The molecule has 6 nitrogen and oxygen atoms in total. The van der Waals surface area contributed by atoms with Gasteiger partial charge in [-0.3, -0.25) is 9.59 Å². The molecule has 2 amide bonds. The lowest BCUT2D eigenvalue weighted by Crippen LogP contribution is -2.30. The molecule has 3 aromatic rings. The highest BCUT2D eigenvalue weighted by Crippen LogP contribution is 2.32. The van der Waals surface area contributed by atoms with Crippen molar-refractivity contribution in [2.24, 2.45) is 5.92 Å². The SMILES string of the molecule is CCc1nn(-c2ccc(Cl)c(Cl)c2)c2sc(C(=O)NCCCNC(=O)CC(C)C)cc12. The molecule has 0 aliphatic heterocycles. The third-order valence-corrected chi connectivity index (χ3v) is 6.55. The summed E-state index contributed by atoms with van der Waals surface area (Å²) >= 11 is 13.6. The highest BCUT2D eigenvalue weighted by molar-refractivity contribution is 7.20. The van der Waals surface area contributed by atoms with Gasteiger partial charge >= 0.3 is 0 Å². The zero-order chi connectivity index (χ0) is 22.5. The number of hydrogen-bond donors (Lipinski definition) is 2. The largest absolute Gasteiger partial charge is 0.356 e. The Hall–Kier alpha value is -2.09. The van der Waals surface area contributed by atoms with Crippen molar-refractivity contribution < 1.29 is 9.59 Å². The first-order valence-corrected chi connectivity index (χ1v) is 11.9. The number of fused-ring (bicyclic) bond motifs is 1. The summed E-state index contributed by atoms with van der Waals surface area (Å²) in [5.41, 5.74) is 1.72. The van der Waals surface area contributed by atoms with E-state index in [9.17, 15) is 9.59 Å². The summed E-state index contributed by atoms with van der Waals surface area (Å²) in [6.45, 7) is 7.09. The van der Waals surface area contributed by atoms with Gasteiger partial charge in [0.15, 0.2) is 0 Å². The second-order valence-corrected chi connectivity index (χ2v) is 9.54. The second kappa shape index (κ2) is 10.5. The summed E-state index contributed by atoms with van der Waals surface area (Å²) in [6, 6.07) is 7.25. The molecule has 0 spiro atoms. The number of carbonyl (C=O) groups excluding carboxylic acids is 2. The van der Waals surface area contributed by atoms with Gasteiger partial charge in [0.05, 0.1) is 26.3 Å². The van der Waals surface area contributed by atoms with E-state index < -0.39 is 0 Å². The van der Waals surface area contributed by atoms with Gasteiger partial charge in [0.1, 0.15) is 4.83 Å². The van der Waals surface area contributed by atoms with Crippen molar-refractivity contribution >= 4 is 56.6 Å². The van der Waals surface area contributed by atoms with Crippen LogP contribution in [-0.2, 0) is 11.2 Å². The summed E-state index contributed by atoms with van der Waals surface area (Å²) in [4.78, 5) is 25.8. The van der Waals surface area contributed by atoms with E-state index in [4.69, 9.17) is 23.2 Å². The fourth-order valence-corrected chi connectivity index (χ4v) is 4.54. The van der Waals surface area contributed by atoms with Gasteiger partial charge in [0, 0.05) is 24.9 Å². The van der Waals surface area contributed by atoms with Crippen molar-refractivity contribution in [2.45, 2.75) is 40.0 Å². The number of thiophene rings is 1. The highest BCUT2D eigenvalue weighted by atomic mass is 35.5. The second-order valence-electron chi connectivity index (χ2n) is 7.70. The van der Waals surface area contributed by atoms with Gasteiger partial charge in [-0.15, -0.1) is 11.3 Å². The molecule has 0 fully saturated rings. The average Bonchev–Trinajstić information content (AvgIpc) is 3.28. The van der Waals surface area contributed by atoms with Crippen LogP contribution in [0.2, 0.25) is 10.0 Å². The van der Waals surface area contributed by atoms with Crippen LogP contribution < -0.4 is 10.6 Å². The number of carbonyl (C=O) groups is 2. The molecule has 0 radical (unpaired) electrons. The minimum absolute atomic E-state index is 0.0461. The zero-order valence-corrected chi connectivity index (χ0v) is 20.1. The van der Waals surface area contributed by atoms with Crippen LogP contribution in [0.3, 0.4) is 0 Å². The fourth-order valence-electron chi connectivity index (χ4n) is 3.18. The summed E-state index contributed by atoms with van der Waals surface area (Å²) in [5.74, 6) is 0.253. The van der Waals surface area contributed by atoms with Gasteiger partial charge in [0.25, 0.3) is 5.91 Å². The molecule has 0 saturated heterocycles. The lowest BCUT2D eigenvalue weighted by molar-refractivity contribution is -0.121. The molecule has 0 atom stereocenters. The quantitative estimate of drug-likeness (QED) is 0.411. The first kappa shape index (κ1) is 23.6. The molecule has 9 heteroatoms. The van der Waals surface area contributed by atoms with Crippen LogP contribution in [0.1, 0.15) is 49.0 Å². The smallest absolute Gasteiger partial charge is 0.261 e. The molecule has 0 bridgehead atoms. The van der Waals surface area contributed by atoms with Gasteiger partial charge in [-0.05, 0) is 43.0 Å². The minimum Gasteiger partial charge on any atom is -0.356 e. The summed E-state index contributed by atoms with van der Waals surface area (Å²) in [7, 11) is 0. The predicted octanol–water partition coefficient (Wildman–Crippen LogP) is 5.24. The number of halogens is 2. The first-order chi connectivity index (χ1) is 14.8. The van der Waals surface area contributed by atoms with Crippen LogP contribution in [-0.4, -0.2) is 34.7 Å². The fraction of sp³-hybridized carbons (Fsp3) is 0.409. The predicted molar refractivity (Wildman–Crippen MR) is 128 cm³/mol. The van der Waals surface area contributed by atoms with Crippen LogP contribution >= 0.6 is 34.5 Å². The van der Waals surface area contributed by atoms with Gasteiger partial charge in [0.2, 0.25) is 5.91 Å². The third-order valence-electron chi connectivity index (χ3n) is 4.70. The van der Waals surface area contributed by atoms with Crippen molar-refractivity contribution in [3.05, 3.63) is 44.9 Å². The van der Waals surface area contributed by atoms with E-state index in [2.05, 4.69) is 15.7 Å². The Morgan fingerprint density at radius 1 is 1.13 bits per heavy atom. The minimum atomic E-state index is -0.127. The van der Waals surface area contributed by atoms with E-state index in [1.165, 1.54) is 11.3 Å². The number of amides is 2. The normalized spacial score (nSPS) is 11.3. The molecule has 0 unspecified atom stereocenters. The molecule has 31 heavy (non-hydrogen) atoms. The molecule has 0 aliphatic rings. The lowest BCUT2D eigenvalue weighted by atomic mass is 10.1. The topological polar surface area (TPSA) is 76.0 Å². The summed E-state index contributed by atoms with van der Waals surface area (Å²) < 4.78 is 1.81. The maximum atomic E-state index is 12.6. The maximum absolute atomic E-state index is 12.6. The first-order valence-electron chi connectivity index (χ1n) is 10.3. The van der Waals surface area contributed by atoms with Crippen LogP contribution in [0.4, 0.5) is 0 Å². The third kappa shape index (κ3) is 5.79. The Kier molecular flexibility index (Phi) is 7.97. The number of benzene rings is 1. The van der Waals surface area contributed by atoms with Crippen molar-refractivity contribution in [3.8, 4) is 5.69 Å². The Bertz CT molecular complexity index is 1090. The van der Waals surface area contributed by atoms with E-state index in [1.54, 1.807) is 12.1 Å².